The van der Waals surface area contributed by atoms with Crippen LogP contribution in [0.4, 0.5) is 4.79 Å². The largest absolute Gasteiger partial charge is 0.497 e. The lowest BCUT2D eigenvalue weighted by Gasteiger charge is -2.37. The van der Waals surface area contributed by atoms with Gasteiger partial charge in [-0.15, -0.1) is 10.2 Å². The maximum absolute atomic E-state index is 16.2. The fourth-order valence-electron chi connectivity index (χ4n) is 8.50. The van der Waals surface area contributed by atoms with Crippen LogP contribution in [0.2, 0.25) is 25.7 Å². The Bertz CT molecular complexity index is 3170. The number of aromatic amines is 1. The molecule has 0 radical (unpaired) electrons. The van der Waals surface area contributed by atoms with Gasteiger partial charge in [0.25, 0.3) is 0 Å². The number of sulfonamides is 1. The number of methoxy groups -OCH3 is 3. The van der Waals surface area contributed by atoms with Gasteiger partial charge in [-0.1, -0.05) is 74.2 Å². The molecule has 17 nitrogen and oxygen atoms in total. The lowest BCUT2D eigenvalue weighted by atomic mass is 9.98. The summed E-state index contributed by atoms with van der Waals surface area (Å²) in [4.78, 5) is 22.7. The predicted octanol–water partition coefficient (Wildman–Crippen LogP) is 9.17. The summed E-state index contributed by atoms with van der Waals surface area (Å²) in [6, 6.07) is 29.5. The molecule has 1 atom stereocenters. The Morgan fingerprint density at radius 1 is 0.775 bits per heavy atom. The zero-order chi connectivity index (χ0) is 51.5. The standard InChI is InChI=1S/C51H62N8O9S2Si/c1-34(59(50(60)61)51(2,3)4)30-45-52-43-13-11-12-42(47(43)53-45)41-26-27-44(69(62,63)28-29-71(8,9)10)48(46(41)49-54-56-58(55-49)33-37-18-24-40(68-7)25-19-37)70(64,65)57(31-35-14-20-38(66-5)21-15-35)32-36-16-22-39(67-6)23-17-36/h11-27,34H,28-33H2,1-10H3,(H,52,53)(H,60,61)/t34-/m0/s1. The van der Waals surface area contributed by atoms with E-state index in [9.17, 15) is 9.90 Å². The molecule has 5 aromatic carbocycles. The molecular formula is C51H62N8O9S2Si. The Hall–Kier alpha value is -6.61. The minimum Gasteiger partial charge on any atom is -0.497 e. The Kier molecular flexibility index (Phi) is 15.4. The highest BCUT2D eigenvalue weighted by atomic mass is 32.2. The number of para-hydroxylation sites is 1. The quantitative estimate of drug-likeness (QED) is 0.0683. The molecule has 71 heavy (non-hydrogen) atoms. The van der Waals surface area contributed by atoms with Crippen LogP contribution in [-0.4, -0.2) is 114 Å². The second kappa shape index (κ2) is 21.0. The summed E-state index contributed by atoms with van der Waals surface area (Å²) in [6.07, 6.45) is -0.841. The van der Waals surface area contributed by atoms with Crippen LogP contribution in [0.5, 0.6) is 17.2 Å². The second-order valence-corrected chi connectivity index (χ2v) is 29.2. The third kappa shape index (κ3) is 12.1. The first-order chi connectivity index (χ1) is 33.5. The lowest BCUT2D eigenvalue weighted by Crippen LogP contribution is -2.50. The molecule has 0 aliphatic heterocycles. The van der Waals surface area contributed by atoms with Gasteiger partial charge < -0.3 is 29.2 Å². The summed E-state index contributed by atoms with van der Waals surface area (Å²) in [5.74, 6) is 1.87. The van der Waals surface area contributed by atoms with Crippen molar-refractivity contribution in [3.05, 3.63) is 126 Å². The Morgan fingerprint density at radius 3 is 1.83 bits per heavy atom. The van der Waals surface area contributed by atoms with Crippen LogP contribution in [-0.2, 0) is 45.9 Å². The maximum atomic E-state index is 16.2. The van der Waals surface area contributed by atoms with Crippen molar-refractivity contribution in [2.75, 3.05) is 27.1 Å². The molecule has 20 heteroatoms. The van der Waals surface area contributed by atoms with Crippen LogP contribution in [0.15, 0.2) is 113 Å². The zero-order valence-corrected chi connectivity index (χ0v) is 44.4. The molecule has 2 aromatic heterocycles. The average Bonchev–Trinajstić information content (AvgIpc) is 3.96. The molecule has 0 bridgehead atoms. The molecule has 0 spiro atoms. The number of hydrogen-bond donors (Lipinski definition) is 2. The highest BCUT2D eigenvalue weighted by Crippen LogP contribution is 2.43. The number of tetrazole rings is 1. The van der Waals surface area contributed by atoms with E-state index in [-0.39, 0.29) is 48.8 Å². The molecule has 1 amide bonds. The summed E-state index contributed by atoms with van der Waals surface area (Å²) < 4.78 is 80.0. The zero-order valence-electron chi connectivity index (χ0n) is 41.8. The van der Waals surface area contributed by atoms with Crippen LogP contribution in [0.1, 0.15) is 50.2 Å². The van der Waals surface area contributed by atoms with E-state index in [2.05, 4.69) is 34.9 Å². The highest BCUT2D eigenvalue weighted by molar-refractivity contribution is 7.93. The van der Waals surface area contributed by atoms with Crippen LogP contribution in [0.3, 0.4) is 0 Å². The molecule has 0 saturated carbocycles. The van der Waals surface area contributed by atoms with E-state index in [0.717, 1.165) is 5.56 Å². The first kappa shape index (κ1) is 52.2. The van der Waals surface area contributed by atoms with Gasteiger partial charge >= 0.3 is 6.09 Å². The Balaban J connectivity index is 1.51. The Morgan fingerprint density at radius 2 is 1.32 bits per heavy atom. The van der Waals surface area contributed by atoms with E-state index >= 15 is 16.8 Å². The van der Waals surface area contributed by atoms with Crippen molar-refractivity contribution in [3.63, 3.8) is 0 Å². The molecule has 2 N–H and O–H groups in total. The van der Waals surface area contributed by atoms with Crippen molar-refractivity contribution in [2.45, 2.75) is 101 Å². The molecule has 0 fully saturated rings. The number of H-pyrrole nitrogens is 1. The molecule has 7 aromatic rings. The van der Waals surface area contributed by atoms with Crippen molar-refractivity contribution >= 4 is 45.1 Å². The van der Waals surface area contributed by atoms with Crippen LogP contribution < -0.4 is 14.2 Å². The number of amides is 1. The van der Waals surface area contributed by atoms with E-state index in [1.807, 2.05) is 45.9 Å². The minimum absolute atomic E-state index is 0.0790. The van der Waals surface area contributed by atoms with E-state index in [0.29, 0.717) is 56.8 Å². The smallest absolute Gasteiger partial charge is 0.407 e. The normalized spacial score (nSPS) is 12.8. The second-order valence-electron chi connectivity index (χ2n) is 19.7. The number of ether oxygens (including phenoxy) is 3. The number of fused-ring (bicyclic) bond motifs is 1. The highest BCUT2D eigenvalue weighted by Gasteiger charge is 2.39. The molecule has 0 aliphatic carbocycles. The number of carbonyl (C=O) groups is 1. The molecule has 0 aliphatic rings. The minimum atomic E-state index is -4.88. The van der Waals surface area contributed by atoms with Gasteiger partial charge in [-0.05, 0) is 110 Å². The van der Waals surface area contributed by atoms with Crippen molar-refractivity contribution in [1.82, 2.24) is 39.4 Å². The molecule has 0 saturated heterocycles. The number of nitrogens with one attached hydrogen (secondary N) is 1. The van der Waals surface area contributed by atoms with Gasteiger partial charge in [-0.25, -0.2) is 26.6 Å². The SMILES string of the molecule is COc1ccc(CN(Cc2ccc(OC)cc2)S(=O)(=O)c2c(S(=O)(=O)CC[Si](C)(C)C)ccc(-c3cccc4[nH]c(C[C@H](C)N(C(=O)O)C(C)(C)C)nc34)c2-c2nnn(Cc3ccc(OC)cc3)n2)cc1. The van der Waals surface area contributed by atoms with Gasteiger partial charge in [0.15, 0.2) is 9.84 Å². The van der Waals surface area contributed by atoms with Gasteiger partial charge in [0.2, 0.25) is 15.8 Å². The van der Waals surface area contributed by atoms with Crippen molar-refractivity contribution in [2.24, 2.45) is 0 Å². The molecule has 0 unspecified atom stereocenters. The predicted molar refractivity (Wildman–Crippen MR) is 276 cm³/mol. The van der Waals surface area contributed by atoms with Gasteiger partial charge in [0.05, 0.1) is 55.1 Å². The molecule has 2 heterocycles. The number of aromatic nitrogens is 6. The van der Waals surface area contributed by atoms with E-state index in [1.54, 1.807) is 100 Å². The summed E-state index contributed by atoms with van der Waals surface area (Å²) in [6.45, 7) is 13.3. The summed E-state index contributed by atoms with van der Waals surface area (Å²) >= 11 is 0. The average molecular weight is 1020 g/mol. The molecular weight excluding hydrogens is 961 g/mol. The number of imidazole rings is 1. The first-order valence-corrected chi connectivity index (χ1v) is 29.9. The van der Waals surface area contributed by atoms with E-state index in [1.165, 1.54) is 20.1 Å². The van der Waals surface area contributed by atoms with Crippen molar-refractivity contribution in [1.29, 1.82) is 0 Å². The third-order valence-electron chi connectivity index (χ3n) is 12.1. The number of benzene rings is 5. The topological polar surface area (TPSA) is 212 Å². The summed E-state index contributed by atoms with van der Waals surface area (Å²) in [7, 11) is -6.56. The van der Waals surface area contributed by atoms with Gasteiger partial charge in [0.1, 0.15) is 28.0 Å². The van der Waals surface area contributed by atoms with Crippen molar-refractivity contribution in [3.8, 4) is 39.8 Å². The van der Waals surface area contributed by atoms with Gasteiger partial charge in [-0.2, -0.15) is 9.10 Å². The molecule has 7 rings (SSSR count). The number of carboxylic acid groups (broad SMARTS) is 1. The number of hydrogen-bond acceptors (Lipinski definition) is 12. The van der Waals surface area contributed by atoms with Crippen LogP contribution in [0, 0.1) is 0 Å². The van der Waals surface area contributed by atoms with Gasteiger partial charge in [-0.3, -0.25) is 0 Å². The third-order valence-corrected chi connectivity index (χ3v) is 18.0. The molecule has 376 valence electrons. The Labute approximate surface area is 416 Å². The van der Waals surface area contributed by atoms with E-state index in [4.69, 9.17) is 24.3 Å². The fraction of sp³-hybridized carbons (Fsp3) is 0.353. The summed E-state index contributed by atoms with van der Waals surface area (Å²) in [5.41, 5.74) is 2.99. The summed E-state index contributed by atoms with van der Waals surface area (Å²) in [5, 5.41) is 23.9. The maximum Gasteiger partial charge on any atom is 0.407 e. The fourth-order valence-corrected chi connectivity index (χ4v) is 15.3. The van der Waals surface area contributed by atoms with Crippen LogP contribution >= 0.6 is 0 Å². The lowest BCUT2D eigenvalue weighted by molar-refractivity contribution is 0.0751. The van der Waals surface area contributed by atoms with E-state index < -0.39 is 55.4 Å². The van der Waals surface area contributed by atoms with Gasteiger partial charge in [0, 0.05) is 44.7 Å². The monoisotopic (exact) mass is 1020 g/mol. The van der Waals surface area contributed by atoms with Crippen molar-refractivity contribution < 1.29 is 40.9 Å². The number of sulfone groups is 1. The van der Waals surface area contributed by atoms with Crippen LogP contribution in [0.25, 0.3) is 33.5 Å². The first-order valence-electron chi connectivity index (χ1n) is 23.1. The number of rotatable bonds is 20. The number of nitrogens with zero attached hydrogens (tertiary/aromatic N) is 7.